The molecule has 19 heavy (non-hydrogen) atoms. The van der Waals surface area contributed by atoms with Gasteiger partial charge in [-0.2, -0.15) is 0 Å². The average Bonchev–Trinajstić information content (AvgIpc) is 2.85. The monoisotopic (exact) mass is 254 g/mol. The lowest BCUT2D eigenvalue weighted by Gasteiger charge is -2.16. The van der Waals surface area contributed by atoms with Gasteiger partial charge in [-0.15, -0.1) is 0 Å². The summed E-state index contributed by atoms with van der Waals surface area (Å²) in [4.78, 5) is 4.19. The largest absolute Gasteiger partial charge is 0.312 e. The van der Waals surface area contributed by atoms with Gasteiger partial charge >= 0.3 is 0 Å². The Bertz CT molecular complexity index is 544. The fourth-order valence-electron chi connectivity index (χ4n) is 3.26. The van der Waals surface area contributed by atoms with Crippen molar-refractivity contribution in [3.05, 3.63) is 42.2 Å². The Balaban J connectivity index is 1.65. The van der Waals surface area contributed by atoms with E-state index in [9.17, 15) is 0 Å². The molecule has 0 saturated heterocycles. The molecule has 2 atom stereocenters. The first-order valence-corrected chi connectivity index (χ1v) is 7.37. The molecule has 1 fully saturated rings. The van der Waals surface area contributed by atoms with Gasteiger partial charge < -0.3 is 5.32 Å². The van der Waals surface area contributed by atoms with Gasteiger partial charge in [0.05, 0.1) is 0 Å². The number of hydrogen-bond donors (Lipinski definition) is 1. The van der Waals surface area contributed by atoms with Gasteiger partial charge in [-0.25, -0.2) is 0 Å². The van der Waals surface area contributed by atoms with Crippen LogP contribution in [0.15, 0.2) is 36.7 Å². The Labute approximate surface area is 115 Å². The van der Waals surface area contributed by atoms with Crippen molar-refractivity contribution in [2.75, 3.05) is 6.54 Å². The molecular formula is C17H22N2. The summed E-state index contributed by atoms with van der Waals surface area (Å²) in [6.45, 7) is 4.51. The lowest BCUT2D eigenvalue weighted by molar-refractivity contribution is 0.392. The molecule has 100 valence electrons. The summed E-state index contributed by atoms with van der Waals surface area (Å²) in [5, 5.41) is 6.20. The highest BCUT2D eigenvalue weighted by Gasteiger charge is 2.22. The number of aromatic nitrogens is 1. The third kappa shape index (κ3) is 2.79. The van der Waals surface area contributed by atoms with Gasteiger partial charge in [-0.05, 0) is 41.8 Å². The van der Waals surface area contributed by atoms with E-state index < -0.39 is 0 Å². The summed E-state index contributed by atoms with van der Waals surface area (Å²) < 4.78 is 0. The summed E-state index contributed by atoms with van der Waals surface area (Å²) in [5.41, 5.74) is 1.38. The molecule has 0 bridgehead atoms. The number of nitrogens with zero attached hydrogens (tertiary/aromatic N) is 1. The van der Waals surface area contributed by atoms with E-state index in [0.29, 0.717) is 0 Å². The summed E-state index contributed by atoms with van der Waals surface area (Å²) in [5.74, 6) is 1.76. The standard InChI is InChI=1S/C17H22N2/c1-13-4-2-5-14(13)10-19-12-16-7-3-6-15-11-18-9-8-17(15)16/h3,6-9,11,13-14,19H,2,4-5,10,12H2,1H3. The van der Waals surface area contributed by atoms with E-state index in [1.165, 1.54) is 35.6 Å². The molecule has 1 aromatic heterocycles. The van der Waals surface area contributed by atoms with Crippen molar-refractivity contribution >= 4 is 10.8 Å². The van der Waals surface area contributed by atoms with Gasteiger partial charge in [0.25, 0.3) is 0 Å². The molecule has 0 aliphatic heterocycles. The van der Waals surface area contributed by atoms with Crippen molar-refractivity contribution in [1.29, 1.82) is 0 Å². The molecule has 1 aliphatic carbocycles. The molecule has 1 saturated carbocycles. The zero-order valence-electron chi connectivity index (χ0n) is 11.6. The van der Waals surface area contributed by atoms with Crippen LogP contribution >= 0.6 is 0 Å². The molecule has 0 radical (unpaired) electrons. The summed E-state index contributed by atoms with van der Waals surface area (Å²) >= 11 is 0. The van der Waals surface area contributed by atoms with Crippen LogP contribution in [0.1, 0.15) is 31.7 Å². The number of hydrogen-bond acceptors (Lipinski definition) is 2. The number of rotatable bonds is 4. The van der Waals surface area contributed by atoms with E-state index in [4.69, 9.17) is 0 Å². The molecule has 2 unspecified atom stereocenters. The molecule has 1 heterocycles. The van der Waals surface area contributed by atoms with Crippen molar-refractivity contribution in [2.45, 2.75) is 32.7 Å². The Kier molecular flexibility index (Phi) is 3.79. The molecule has 2 aromatic rings. The third-order valence-electron chi connectivity index (χ3n) is 4.53. The van der Waals surface area contributed by atoms with Crippen LogP contribution in [0.4, 0.5) is 0 Å². The lowest BCUT2D eigenvalue weighted by Crippen LogP contribution is -2.24. The van der Waals surface area contributed by atoms with Crippen LogP contribution in [-0.2, 0) is 6.54 Å². The van der Waals surface area contributed by atoms with E-state index >= 15 is 0 Å². The zero-order chi connectivity index (χ0) is 13.1. The quantitative estimate of drug-likeness (QED) is 0.898. The minimum atomic E-state index is 0.872. The molecule has 2 heteroatoms. The number of pyridine rings is 1. The first kappa shape index (κ1) is 12.6. The fourth-order valence-corrected chi connectivity index (χ4v) is 3.26. The van der Waals surface area contributed by atoms with Crippen molar-refractivity contribution in [2.24, 2.45) is 11.8 Å². The van der Waals surface area contributed by atoms with Gasteiger partial charge in [0.2, 0.25) is 0 Å². The normalized spacial score (nSPS) is 23.0. The highest BCUT2D eigenvalue weighted by atomic mass is 14.9. The summed E-state index contributed by atoms with van der Waals surface area (Å²) in [6, 6.07) is 8.59. The van der Waals surface area contributed by atoms with Crippen molar-refractivity contribution < 1.29 is 0 Å². The zero-order valence-corrected chi connectivity index (χ0v) is 11.6. The number of fused-ring (bicyclic) bond motifs is 1. The van der Waals surface area contributed by atoms with E-state index in [-0.39, 0.29) is 0 Å². The third-order valence-corrected chi connectivity index (χ3v) is 4.53. The highest BCUT2D eigenvalue weighted by molar-refractivity contribution is 5.84. The maximum atomic E-state index is 4.19. The van der Waals surface area contributed by atoms with Crippen LogP contribution in [-0.4, -0.2) is 11.5 Å². The molecule has 0 spiro atoms. The van der Waals surface area contributed by atoms with Gasteiger partial charge in [-0.3, -0.25) is 4.98 Å². The molecule has 3 rings (SSSR count). The Morgan fingerprint density at radius 2 is 2.21 bits per heavy atom. The Morgan fingerprint density at radius 1 is 1.26 bits per heavy atom. The molecule has 1 N–H and O–H groups in total. The highest BCUT2D eigenvalue weighted by Crippen LogP contribution is 2.30. The van der Waals surface area contributed by atoms with Crippen LogP contribution in [0, 0.1) is 11.8 Å². The van der Waals surface area contributed by atoms with Crippen molar-refractivity contribution in [3.63, 3.8) is 0 Å². The van der Waals surface area contributed by atoms with Crippen LogP contribution in [0.3, 0.4) is 0 Å². The van der Waals surface area contributed by atoms with E-state index in [2.05, 4.69) is 41.5 Å². The summed E-state index contributed by atoms with van der Waals surface area (Å²) in [6.07, 6.45) is 8.04. The minimum Gasteiger partial charge on any atom is -0.312 e. The van der Waals surface area contributed by atoms with Gasteiger partial charge in [0.15, 0.2) is 0 Å². The minimum absolute atomic E-state index is 0.872. The van der Waals surface area contributed by atoms with Gasteiger partial charge in [0, 0.05) is 24.3 Å². The van der Waals surface area contributed by atoms with Crippen LogP contribution in [0.25, 0.3) is 10.8 Å². The predicted molar refractivity (Wildman–Crippen MR) is 80.0 cm³/mol. The summed E-state index contributed by atoms with van der Waals surface area (Å²) in [7, 11) is 0. The Morgan fingerprint density at radius 3 is 3.05 bits per heavy atom. The topological polar surface area (TPSA) is 24.9 Å². The van der Waals surface area contributed by atoms with Crippen LogP contribution < -0.4 is 5.32 Å². The second-order valence-corrected chi connectivity index (χ2v) is 5.81. The first-order chi connectivity index (χ1) is 9.34. The van der Waals surface area contributed by atoms with Crippen molar-refractivity contribution in [1.82, 2.24) is 10.3 Å². The van der Waals surface area contributed by atoms with Gasteiger partial charge in [0.1, 0.15) is 0 Å². The van der Waals surface area contributed by atoms with Crippen LogP contribution in [0.2, 0.25) is 0 Å². The predicted octanol–water partition coefficient (Wildman–Crippen LogP) is 3.76. The second-order valence-electron chi connectivity index (χ2n) is 5.81. The maximum absolute atomic E-state index is 4.19. The molecule has 0 amide bonds. The molecular weight excluding hydrogens is 232 g/mol. The molecule has 2 nitrogen and oxygen atoms in total. The number of benzene rings is 1. The lowest BCUT2D eigenvalue weighted by atomic mass is 9.98. The maximum Gasteiger partial charge on any atom is 0.0346 e. The van der Waals surface area contributed by atoms with E-state index in [1.807, 2.05) is 12.4 Å². The second kappa shape index (κ2) is 5.70. The molecule has 1 aromatic carbocycles. The van der Waals surface area contributed by atoms with Crippen LogP contribution in [0.5, 0.6) is 0 Å². The molecule has 1 aliphatic rings. The Hall–Kier alpha value is -1.41. The number of nitrogens with one attached hydrogen (secondary N) is 1. The van der Waals surface area contributed by atoms with E-state index in [1.54, 1.807) is 0 Å². The van der Waals surface area contributed by atoms with Crippen molar-refractivity contribution in [3.8, 4) is 0 Å². The van der Waals surface area contributed by atoms with Gasteiger partial charge in [-0.1, -0.05) is 38.0 Å². The smallest absolute Gasteiger partial charge is 0.0346 e. The average molecular weight is 254 g/mol. The SMILES string of the molecule is CC1CCCC1CNCc1cccc2cnccc12. The van der Waals surface area contributed by atoms with E-state index in [0.717, 1.165) is 24.9 Å². The first-order valence-electron chi connectivity index (χ1n) is 7.37. The fraction of sp³-hybridized carbons (Fsp3) is 0.471.